The highest BCUT2D eigenvalue weighted by Crippen LogP contribution is 2.31. The molecule has 8 nitrogen and oxygen atoms in total. The number of anilines is 1. The minimum atomic E-state index is 0.340. The highest BCUT2D eigenvalue weighted by atomic mass is 79.9. The summed E-state index contributed by atoms with van der Waals surface area (Å²) in [5.41, 5.74) is 3.45. The van der Waals surface area contributed by atoms with E-state index < -0.39 is 0 Å². The van der Waals surface area contributed by atoms with Crippen LogP contribution < -0.4 is 20.7 Å². The fourth-order valence-corrected chi connectivity index (χ4v) is 2.07. The van der Waals surface area contributed by atoms with Crippen LogP contribution in [0.2, 0.25) is 0 Å². The molecular formula is C12H15BrN6O2. The van der Waals surface area contributed by atoms with Gasteiger partial charge in [-0.15, -0.1) is 10.2 Å². The van der Waals surface area contributed by atoms with E-state index in [4.69, 9.17) is 15.3 Å². The van der Waals surface area contributed by atoms with E-state index in [0.29, 0.717) is 23.3 Å². The van der Waals surface area contributed by atoms with Crippen molar-refractivity contribution in [1.29, 1.82) is 0 Å². The first kappa shape index (κ1) is 15.1. The van der Waals surface area contributed by atoms with Crippen LogP contribution in [0.25, 0.3) is 0 Å². The minimum absolute atomic E-state index is 0.340. The van der Waals surface area contributed by atoms with Crippen molar-refractivity contribution in [3.63, 3.8) is 0 Å². The first-order valence-electron chi connectivity index (χ1n) is 5.94. The molecule has 2 rings (SSSR count). The van der Waals surface area contributed by atoms with Crippen LogP contribution in [0.5, 0.6) is 11.5 Å². The first-order chi connectivity index (χ1) is 10.1. The summed E-state index contributed by atoms with van der Waals surface area (Å²) >= 11 is 3.40. The predicted octanol–water partition coefficient (Wildman–Crippen LogP) is 1.53. The van der Waals surface area contributed by atoms with Crippen LogP contribution in [0, 0.1) is 6.92 Å². The van der Waals surface area contributed by atoms with E-state index in [1.807, 2.05) is 0 Å². The van der Waals surface area contributed by atoms with Crippen molar-refractivity contribution in [2.24, 2.45) is 5.10 Å². The second-order valence-electron chi connectivity index (χ2n) is 4.04. The van der Waals surface area contributed by atoms with Gasteiger partial charge in [-0.1, -0.05) is 0 Å². The van der Waals surface area contributed by atoms with E-state index in [2.05, 4.69) is 36.7 Å². The van der Waals surface area contributed by atoms with Crippen LogP contribution in [0.3, 0.4) is 0 Å². The van der Waals surface area contributed by atoms with Gasteiger partial charge in [0, 0.05) is 5.56 Å². The van der Waals surface area contributed by atoms with Gasteiger partial charge in [-0.2, -0.15) is 5.10 Å². The standard InChI is InChI=1S/C12H15BrN6O2/c1-7-16-18-12(19(7)14)17-15-6-8-4-11(21-3)9(13)5-10(8)20-2/h4-6H,14H2,1-3H3,(H,17,18). The Morgan fingerprint density at radius 1 is 1.29 bits per heavy atom. The molecule has 21 heavy (non-hydrogen) atoms. The molecule has 1 aromatic heterocycles. The Hall–Kier alpha value is -2.29. The summed E-state index contributed by atoms with van der Waals surface area (Å²) in [6.07, 6.45) is 1.58. The molecule has 0 radical (unpaired) electrons. The lowest BCUT2D eigenvalue weighted by atomic mass is 10.2. The molecule has 0 aliphatic rings. The average Bonchev–Trinajstić information content (AvgIpc) is 2.80. The van der Waals surface area contributed by atoms with Crippen LogP contribution in [0.4, 0.5) is 5.95 Å². The van der Waals surface area contributed by atoms with Crippen molar-refractivity contribution in [2.45, 2.75) is 6.92 Å². The number of ether oxygens (including phenoxy) is 2. The summed E-state index contributed by atoms with van der Waals surface area (Å²) < 4.78 is 12.6. The Bertz CT molecular complexity index is 670. The lowest BCUT2D eigenvalue weighted by molar-refractivity contribution is 0.400. The summed E-state index contributed by atoms with van der Waals surface area (Å²) in [7, 11) is 3.17. The molecule has 0 saturated carbocycles. The van der Waals surface area contributed by atoms with Gasteiger partial charge in [-0.05, 0) is 35.0 Å². The number of aromatic nitrogens is 3. The first-order valence-corrected chi connectivity index (χ1v) is 6.73. The maximum atomic E-state index is 5.71. The maximum absolute atomic E-state index is 5.71. The van der Waals surface area contributed by atoms with E-state index in [9.17, 15) is 0 Å². The van der Waals surface area contributed by atoms with Gasteiger partial charge in [0.15, 0.2) is 5.82 Å². The van der Waals surface area contributed by atoms with E-state index in [1.54, 1.807) is 39.5 Å². The lowest BCUT2D eigenvalue weighted by Crippen LogP contribution is -2.13. The van der Waals surface area contributed by atoms with Gasteiger partial charge in [0.05, 0.1) is 24.9 Å². The molecule has 0 saturated heterocycles. The number of hydrazone groups is 1. The van der Waals surface area contributed by atoms with Crippen LogP contribution in [0.1, 0.15) is 11.4 Å². The second kappa shape index (κ2) is 6.44. The van der Waals surface area contributed by atoms with Crippen molar-refractivity contribution in [3.8, 4) is 11.5 Å². The van der Waals surface area contributed by atoms with Gasteiger partial charge in [-0.25, -0.2) is 10.1 Å². The topological polar surface area (TPSA) is 99.6 Å². The number of hydrogen-bond donors (Lipinski definition) is 2. The Morgan fingerprint density at radius 3 is 2.57 bits per heavy atom. The molecule has 112 valence electrons. The number of aryl methyl sites for hydroxylation is 1. The molecular weight excluding hydrogens is 340 g/mol. The smallest absolute Gasteiger partial charge is 0.263 e. The van der Waals surface area contributed by atoms with Crippen molar-refractivity contribution in [2.75, 3.05) is 25.5 Å². The summed E-state index contributed by atoms with van der Waals surface area (Å²) in [6, 6.07) is 3.60. The Morgan fingerprint density at radius 2 is 2.00 bits per heavy atom. The molecule has 0 aliphatic heterocycles. The molecule has 0 aliphatic carbocycles. The quantitative estimate of drug-likeness (QED) is 0.479. The number of nitrogens with two attached hydrogens (primary N) is 1. The zero-order valence-corrected chi connectivity index (χ0v) is 13.4. The lowest BCUT2D eigenvalue weighted by Gasteiger charge is -2.09. The fourth-order valence-electron chi connectivity index (χ4n) is 1.59. The highest BCUT2D eigenvalue weighted by Gasteiger charge is 2.08. The molecule has 0 amide bonds. The number of benzene rings is 1. The van der Waals surface area contributed by atoms with Gasteiger partial charge < -0.3 is 15.3 Å². The SMILES string of the molecule is COc1cc(C=NNc2nnc(C)n2N)c(OC)cc1Br. The maximum Gasteiger partial charge on any atom is 0.263 e. The third kappa shape index (κ3) is 3.24. The second-order valence-corrected chi connectivity index (χ2v) is 4.89. The molecule has 0 unspecified atom stereocenters. The van der Waals surface area contributed by atoms with Crippen LogP contribution in [-0.4, -0.2) is 35.3 Å². The van der Waals surface area contributed by atoms with E-state index >= 15 is 0 Å². The minimum Gasteiger partial charge on any atom is -0.496 e. The summed E-state index contributed by atoms with van der Waals surface area (Å²) in [4.78, 5) is 0. The largest absolute Gasteiger partial charge is 0.496 e. The molecule has 9 heteroatoms. The summed E-state index contributed by atoms with van der Waals surface area (Å²) in [5.74, 6) is 7.95. The number of hydrogen-bond acceptors (Lipinski definition) is 7. The monoisotopic (exact) mass is 354 g/mol. The number of nitrogen functional groups attached to an aromatic ring is 1. The highest BCUT2D eigenvalue weighted by molar-refractivity contribution is 9.10. The van der Waals surface area contributed by atoms with Gasteiger partial charge in [0.25, 0.3) is 5.95 Å². The van der Waals surface area contributed by atoms with Gasteiger partial charge in [-0.3, -0.25) is 0 Å². The number of rotatable bonds is 5. The zero-order chi connectivity index (χ0) is 15.4. The molecule has 0 spiro atoms. The van der Waals surface area contributed by atoms with Gasteiger partial charge in [0.2, 0.25) is 0 Å². The van der Waals surface area contributed by atoms with Gasteiger partial charge in [0.1, 0.15) is 11.5 Å². The molecule has 1 heterocycles. The molecule has 0 bridgehead atoms. The number of nitrogens with one attached hydrogen (secondary N) is 1. The Balaban J connectivity index is 2.22. The molecule has 0 atom stereocenters. The van der Waals surface area contributed by atoms with Crippen molar-refractivity contribution in [3.05, 3.63) is 28.0 Å². The Kier molecular flexibility index (Phi) is 4.63. The number of halogens is 1. The predicted molar refractivity (Wildman–Crippen MR) is 83.4 cm³/mol. The summed E-state index contributed by atoms with van der Waals surface area (Å²) in [5, 5.41) is 11.7. The average molecular weight is 355 g/mol. The van der Waals surface area contributed by atoms with Crippen molar-refractivity contribution in [1.82, 2.24) is 14.9 Å². The molecule has 0 fully saturated rings. The third-order valence-corrected chi connectivity index (χ3v) is 3.36. The van der Waals surface area contributed by atoms with E-state index in [0.717, 1.165) is 10.0 Å². The number of nitrogens with zero attached hydrogens (tertiary/aromatic N) is 4. The van der Waals surface area contributed by atoms with E-state index in [1.165, 1.54) is 4.68 Å². The normalized spacial score (nSPS) is 10.9. The zero-order valence-electron chi connectivity index (χ0n) is 11.8. The fraction of sp³-hybridized carbons (Fsp3) is 0.250. The molecule has 1 aromatic carbocycles. The van der Waals surface area contributed by atoms with Crippen LogP contribution in [-0.2, 0) is 0 Å². The van der Waals surface area contributed by atoms with Gasteiger partial charge >= 0.3 is 0 Å². The Labute approximate surface area is 130 Å². The molecule has 2 aromatic rings. The van der Waals surface area contributed by atoms with Crippen molar-refractivity contribution < 1.29 is 9.47 Å². The van der Waals surface area contributed by atoms with Crippen LogP contribution >= 0.6 is 15.9 Å². The van der Waals surface area contributed by atoms with Crippen molar-refractivity contribution >= 4 is 28.1 Å². The number of methoxy groups -OCH3 is 2. The summed E-state index contributed by atoms with van der Waals surface area (Å²) in [6.45, 7) is 1.74. The van der Waals surface area contributed by atoms with Crippen LogP contribution in [0.15, 0.2) is 21.7 Å². The van der Waals surface area contributed by atoms with E-state index in [-0.39, 0.29) is 0 Å². The molecule has 3 N–H and O–H groups in total. The third-order valence-electron chi connectivity index (χ3n) is 2.74.